The number of benzene rings is 2. The largest absolute Gasteiger partial charge is 0.496 e. The highest BCUT2D eigenvalue weighted by atomic mass is 19.4. The Morgan fingerprint density at radius 1 is 0.977 bits per heavy atom. The Bertz CT molecular complexity index is 1400. The molecule has 2 aromatic rings. The molecule has 1 amide bonds. The van der Waals surface area contributed by atoms with E-state index in [9.17, 15) is 35.5 Å². The van der Waals surface area contributed by atoms with E-state index in [-0.39, 0.29) is 35.4 Å². The number of cyclic esters (lactones) is 1. The molecule has 4 nitrogen and oxygen atoms in total. The second-order valence-corrected chi connectivity index (χ2v) is 13.1. The number of amides is 1. The predicted octanol–water partition coefficient (Wildman–Crippen LogP) is 10.2. The van der Waals surface area contributed by atoms with Crippen LogP contribution in [0.15, 0.2) is 35.9 Å². The van der Waals surface area contributed by atoms with Gasteiger partial charge in [0.2, 0.25) is 0 Å². The van der Waals surface area contributed by atoms with Crippen LogP contribution in [0.2, 0.25) is 0 Å². The van der Waals surface area contributed by atoms with Gasteiger partial charge >= 0.3 is 18.4 Å². The maximum atomic E-state index is 14.9. The zero-order valence-electron chi connectivity index (χ0n) is 25.8. The fourth-order valence-electron chi connectivity index (χ4n) is 6.17. The Kier molecular flexibility index (Phi) is 9.12. The second-order valence-electron chi connectivity index (χ2n) is 13.1. The fraction of sp³-hybridized carbons (Fsp3) is 0.545. The quantitative estimate of drug-likeness (QED) is 0.299. The van der Waals surface area contributed by atoms with Crippen LogP contribution in [0.25, 0.3) is 5.57 Å². The molecular weight excluding hydrogens is 591 g/mol. The van der Waals surface area contributed by atoms with Gasteiger partial charge in [-0.1, -0.05) is 34.6 Å². The molecule has 11 heteroatoms. The maximum Gasteiger partial charge on any atom is 0.416 e. The van der Waals surface area contributed by atoms with Gasteiger partial charge in [-0.05, 0) is 90.0 Å². The first-order valence-electron chi connectivity index (χ1n) is 14.6. The lowest BCUT2D eigenvalue weighted by Crippen LogP contribution is -2.36. The van der Waals surface area contributed by atoms with E-state index in [1.54, 1.807) is 13.0 Å². The molecule has 1 heterocycles. The number of rotatable bonds is 6. The summed E-state index contributed by atoms with van der Waals surface area (Å²) in [5.74, 6) is 0.0509. The third kappa shape index (κ3) is 6.86. The number of carbonyl (C=O) groups excluding carboxylic acids is 1. The SMILES string of the molecule is COc1cc(F)c(C(C)C)cc1C1=C(CN2C(=O)OC(c3cc(C(F)(F)F)cc(C(F)(F)F)c3)[C@@H]2C)CC(C(C)(C)C)CC1. The van der Waals surface area contributed by atoms with Gasteiger partial charge in [0.15, 0.2) is 0 Å². The molecule has 0 radical (unpaired) electrons. The first-order valence-corrected chi connectivity index (χ1v) is 14.6. The summed E-state index contributed by atoms with van der Waals surface area (Å²) in [5.41, 5.74) is -0.473. The molecule has 0 aromatic heterocycles. The van der Waals surface area contributed by atoms with Crippen molar-refractivity contribution in [2.24, 2.45) is 11.3 Å². The van der Waals surface area contributed by atoms with Crippen molar-refractivity contribution in [3.8, 4) is 5.75 Å². The van der Waals surface area contributed by atoms with Crippen LogP contribution >= 0.6 is 0 Å². The van der Waals surface area contributed by atoms with Gasteiger partial charge in [-0.15, -0.1) is 0 Å². The monoisotopic (exact) mass is 629 g/mol. The molecule has 44 heavy (non-hydrogen) atoms. The van der Waals surface area contributed by atoms with Crippen molar-refractivity contribution < 1.29 is 45.0 Å². The number of nitrogens with zero attached hydrogens (tertiary/aromatic N) is 1. The van der Waals surface area contributed by atoms with Crippen molar-refractivity contribution in [2.45, 2.75) is 91.2 Å². The van der Waals surface area contributed by atoms with Crippen molar-refractivity contribution in [1.29, 1.82) is 0 Å². The van der Waals surface area contributed by atoms with Crippen molar-refractivity contribution in [3.05, 3.63) is 69.5 Å². The lowest BCUT2D eigenvalue weighted by molar-refractivity contribution is -0.143. The highest BCUT2D eigenvalue weighted by Gasteiger charge is 2.44. The smallest absolute Gasteiger partial charge is 0.416 e. The molecule has 0 bridgehead atoms. The molecule has 1 aliphatic heterocycles. The normalized spacial score (nSPS) is 21.8. The molecule has 1 saturated heterocycles. The zero-order chi connectivity index (χ0) is 32.9. The van der Waals surface area contributed by atoms with E-state index in [4.69, 9.17) is 9.47 Å². The van der Waals surface area contributed by atoms with E-state index in [1.165, 1.54) is 18.1 Å². The lowest BCUT2D eigenvalue weighted by Gasteiger charge is -2.38. The number of carbonyl (C=O) groups is 1. The first-order chi connectivity index (χ1) is 20.2. The Morgan fingerprint density at radius 2 is 1.57 bits per heavy atom. The van der Waals surface area contributed by atoms with Crippen molar-refractivity contribution in [1.82, 2.24) is 4.90 Å². The number of hydrogen-bond acceptors (Lipinski definition) is 3. The molecule has 2 aliphatic rings. The molecule has 2 unspecified atom stereocenters. The summed E-state index contributed by atoms with van der Waals surface area (Å²) in [5, 5.41) is 0. The number of allylic oxidation sites excluding steroid dienone is 1. The number of methoxy groups -OCH3 is 1. The Labute approximate surface area is 253 Å². The van der Waals surface area contributed by atoms with E-state index in [1.807, 2.05) is 13.8 Å². The summed E-state index contributed by atoms with van der Waals surface area (Å²) in [6.45, 7) is 11.7. The van der Waals surface area contributed by atoms with Gasteiger partial charge in [0.05, 0.1) is 24.3 Å². The average Bonchev–Trinajstić information content (AvgIpc) is 3.19. The summed E-state index contributed by atoms with van der Waals surface area (Å²) in [6.07, 6.45) is -10.2. The molecule has 1 fully saturated rings. The molecule has 2 aromatic carbocycles. The Hall–Kier alpha value is -3.24. The molecule has 242 valence electrons. The standard InChI is InChI=1S/C33H38F7NO3/c1-17(2)25-14-26(28(43-7)15-27(25)34)24-9-8-21(31(4,5)6)12-20(24)16-41-18(3)29(44-30(41)42)19-10-22(32(35,36)37)13-23(11-19)33(38,39)40/h10-11,13-15,17-18,21,29H,8-9,12,16H2,1-7H3/t18-,21?,29?/m0/s1. The summed E-state index contributed by atoms with van der Waals surface area (Å²) >= 11 is 0. The zero-order valence-corrected chi connectivity index (χ0v) is 25.8. The second kappa shape index (κ2) is 11.9. The fourth-order valence-corrected chi connectivity index (χ4v) is 6.17. The van der Waals surface area contributed by atoms with Crippen LogP contribution in [-0.2, 0) is 17.1 Å². The molecule has 0 saturated carbocycles. The minimum absolute atomic E-state index is 0.0427. The van der Waals surface area contributed by atoms with Gasteiger partial charge in [-0.25, -0.2) is 9.18 Å². The number of ether oxygens (including phenoxy) is 2. The minimum atomic E-state index is -5.03. The van der Waals surface area contributed by atoms with Gasteiger partial charge in [0, 0.05) is 18.2 Å². The molecule has 0 N–H and O–H groups in total. The molecule has 4 rings (SSSR count). The first kappa shape index (κ1) is 33.6. The highest BCUT2D eigenvalue weighted by Crippen LogP contribution is 2.47. The van der Waals surface area contributed by atoms with Crippen LogP contribution in [0.3, 0.4) is 0 Å². The minimum Gasteiger partial charge on any atom is -0.496 e. The summed E-state index contributed by atoms with van der Waals surface area (Å²) in [4.78, 5) is 14.5. The van der Waals surface area contributed by atoms with Crippen LogP contribution in [-0.4, -0.2) is 30.7 Å². The number of alkyl halides is 6. The van der Waals surface area contributed by atoms with Gasteiger partial charge < -0.3 is 9.47 Å². The van der Waals surface area contributed by atoms with E-state index >= 15 is 0 Å². The average molecular weight is 630 g/mol. The number of halogens is 7. The van der Waals surface area contributed by atoms with Gasteiger partial charge in [-0.2, -0.15) is 26.3 Å². The topological polar surface area (TPSA) is 38.8 Å². The van der Waals surface area contributed by atoms with Crippen molar-refractivity contribution in [2.75, 3.05) is 13.7 Å². The van der Waals surface area contributed by atoms with E-state index < -0.39 is 47.5 Å². The molecule has 1 aliphatic carbocycles. The summed E-state index contributed by atoms with van der Waals surface area (Å²) in [7, 11) is 1.45. The molecule has 0 spiro atoms. The van der Waals surface area contributed by atoms with Crippen LogP contribution in [0.1, 0.15) is 101 Å². The van der Waals surface area contributed by atoms with E-state index in [0.29, 0.717) is 41.9 Å². The van der Waals surface area contributed by atoms with Gasteiger partial charge in [0.1, 0.15) is 17.7 Å². The Balaban J connectivity index is 1.78. The van der Waals surface area contributed by atoms with Crippen LogP contribution in [0.5, 0.6) is 5.75 Å². The van der Waals surface area contributed by atoms with Crippen LogP contribution in [0.4, 0.5) is 35.5 Å². The highest BCUT2D eigenvalue weighted by molar-refractivity contribution is 5.77. The third-order valence-electron chi connectivity index (χ3n) is 8.84. The predicted molar refractivity (Wildman–Crippen MR) is 153 cm³/mol. The number of hydrogen-bond donors (Lipinski definition) is 0. The molecular formula is C33H38F7NO3. The third-order valence-corrected chi connectivity index (χ3v) is 8.84. The van der Waals surface area contributed by atoms with Crippen LogP contribution in [0, 0.1) is 17.2 Å². The maximum absolute atomic E-state index is 14.9. The van der Waals surface area contributed by atoms with Crippen molar-refractivity contribution >= 4 is 11.7 Å². The van der Waals surface area contributed by atoms with Crippen LogP contribution < -0.4 is 4.74 Å². The molecule has 3 atom stereocenters. The van der Waals surface area contributed by atoms with Gasteiger partial charge in [-0.3, -0.25) is 4.90 Å². The van der Waals surface area contributed by atoms with Crippen molar-refractivity contribution in [3.63, 3.8) is 0 Å². The Morgan fingerprint density at radius 3 is 2.07 bits per heavy atom. The van der Waals surface area contributed by atoms with Gasteiger partial charge in [0.25, 0.3) is 0 Å². The van der Waals surface area contributed by atoms with E-state index in [2.05, 4.69) is 20.8 Å². The summed E-state index contributed by atoms with van der Waals surface area (Å²) < 4.78 is 107. The lowest BCUT2D eigenvalue weighted by atomic mass is 9.69. The summed E-state index contributed by atoms with van der Waals surface area (Å²) in [6, 6.07) is 3.49. The van der Waals surface area contributed by atoms with E-state index in [0.717, 1.165) is 17.6 Å².